The van der Waals surface area contributed by atoms with Gasteiger partial charge in [-0.1, -0.05) is 68.2 Å². The van der Waals surface area contributed by atoms with Crippen LogP contribution in [0.4, 0.5) is 0 Å². The van der Waals surface area contributed by atoms with E-state index in [1.165, 1.54) is 33.6 Å². The van der Waals surface area contributed by atoms with Crippen LogP contribution in [0.15, 0.2) is 47.4 Å². The lowest BCUT2D eigenvalue weighted by molar-refractivity contribution is 0.181. The molecule has 1 heterocycles. The topological polar surface area (TPSA) is 40.6 Å². The van der Waals surface area contributed by atoms with Gasteiger partial charge >= 0.3 is 0 Å². The minimum Gasteiger partial charge on any atom is -0.296 e. The Morgan fingerprint density at radius 2 is 1.50 bits per heavy atom. The van der Waals surface area contributed by atoms with Gasteiger partial charge in [0.2, 0.25) is 10.0 Å². The predicted octanol–water partition coefficient (Wildman–Crippen LogP) is 4.80. The number of sulfonamides is 1. The first-order chi connectivity index (χ1) is 13.1. The number of rotatable bonds is 4. The van der Waals surface area contributed by atoms with Crippen molar-refractivity contribution < 1.29 is 8.42 Å². The smallest absolute Gasteiger partial charge is 0.243 e. The molecule has 0 aromatic heterocycles. The summed E-state index contributed by atoms with van der Waals surface area (Å²) in [5, 5.41) is 0.600. The Morgan fingerprint density at radius 1 is 0.893 bits per heavy atom. The maximum Gasteiger partial charge on any atom is 0.243 e. The standard InChI is InChI=1S/C21H26Cl2N2O2S/c1-21(2,3)17-6-4-16(5-7-17)15-24-10-12-25(13-11-24)28(26,27)18-8-9-19(22)20(23)14-18/h4-9,14H,10-13,15H2,1-3H3. The molecule has 0 atom stereocenters. The fourth-order valence-electron chi connectivity index (χ4n) is 3.28. The van der Waals surface area contributed by atoms with Crippen molar-refractivity contribution >= 4 is 33.2 Å². The molecule has 7 heteroatoms. The molecular formula is C21H26Cl2N2O2S. The van der Waals surface area contributed by atoms with Gasteiger partial charge in [0.05, 0.1) is 14.9 Å². The predicted molar refractivity (Wildman–Crippen MR) is 116 cm³/mol. The first-order valence-corrected chi connectivity index (χ1v) is 11.5. The summed E-state index contributed by atoms with van der Waals surface area (Å²) in [5.41, 5.74) is 2.70. The van der Waals surface area contributed by atoms with Gasteiger partial charge in [-0.25, -0.2) is 8.42 Å². The van der Waals surface area contributed by atoms with Crippen LogP contribution in [0.1, 0.15) is 31.9 Å². The van der Waals surface area contributed by atoms with E-state index in [2.05, 4.69) is 49.9 Å². The van der Waals surface area contributed by atoms with Crippen LogP contribution in [0.5, 0.6) is 0 Å². The largest absolute Gasteiger partial charge is 0.296 e. The highest BCUT2D eigenvalue weighted by Gasteiger charge is 2.29. The zero-order valence-electron chi connectivity index (χ0n) is 16.5. The number of halogens is 2. The van der Waals surface area contributed by atoms with Crippen LogP contribution in [0.3, 0.4) is 0 Å². The van der Waals surface area contributed by atoms with Crippen LogP contribution >= 0.6 is 23.2 Å². The molecule has 4 nitrogen and oxygen atoms in total. The highest BCUT2D eigenvalue weighted by atomic mass is 35.5. The molecule has 0 saturated carbocycles. The molecule has 1 aliphatic rings. The van der Waals surface area contributed by atoms with E-state index in [-0.39, 0.29) is 15.3 Å². The van der Waals surface area contributed by atoms with Gasteiger partial charge in [-0.2, -0.15) is 4.31 Å². The van der Waals surface area contributed by atoms with Crippen LogP contribution in [-0.2, 0) is 22.0 Å². The van der Waals surface area contributed by atoms with Crippen molar-refractivity contribution in [1.82, 2.24) is 9.21 Å². The molecule has 1 fully saturated rings. The molecule has 1 aliphatic heterocycles. The van der Waals surface area contributed by atoms with Crippen LogP contribution in [0.25, 0.3) is 0 Å². The van der Waals surface area contributed by atoms with Crippen molar-refractivity contribution in [1.29, 1.82) is 0 Å². The van der Waals surface area contributed by atoms with Crippen molar-refractivity contribution in [3.8, 4) is 0 Å². The van der Waals surface area contributed by atoms with Gasteiger partial charge in [-0.15, -0.1) is 0 Å². The van der Waals surface area contributed by atoms with E-state index in [9.17, 15) is 8.42 Å². The van der Waals surface area contributed by atoms with Crippen molar-refractivity contribution in [3.63, 3.8) is 0 Å². The first-order valence-electron chi connectivity index (χ1n) is 9.34. The second kappa shape index (κ2) is 8.33. The normalized spacial score (nSPS) is 17.0. The number of hydrogen-bond donors (Lipinski definition) is 0. The SMILES string of the molecule is CC(C)(C)c1ccc(CN2CCN(S(=O)(=O)c3ccc(Cl)c(Cl)c3)CC2)cc1. The van der Waals surface area contributed by atoms with E-state index < -0.39 is 10.0 Å². The van der Waals surface area contributed by atoms with Gasteiger partial charge in [0.15, 0.2) is 0 Å². The Balaban J connectivity index is 1.61. The molecule has 28 heavy (non-hydrogen) atoms. The average molecular weight is 441 g/mol. The zero-order valence-corrected chi connectivity index (χ0v) is 18.8. The van der Waals surface area contributed by atoms with Gasteiger partial charge in [0.1, 0.15) is 0 Å². The minimum atomic E-state index is -3.56. The van der Waals surface area contributed by atoms with Crippen molar-refractivity contribution in [2.75, 3.05) is 26.2 Å². The minimum absolute atomic E-state index is 0.142. The molecule has 0 N–H and O–H groups in total. The van der Waals surface area contributed by atoms with Crippen molar-refractivity contribution in [2.45, 2.75) is 37.6 Å². The summed E-state index contributed by atoms with van der Waals surface area (Å²) in [6.07, 6.45) is 0. The molecule has 152 valence electrons. The molecule has 3 rings (SSSR count). The molecule has 0 amide bonds. The molecule has 1 saturated heterocycles. The highest BCUT2D eigenvalue weighted by molar-refractivity contribution is 7.89. The zero-order chi connectivity index (χ0) is 20.5. The molecule has 2 aromatic carbocycles. The van der Waals surface area contributed by atoms with Crippen LogP contribution in [-0.4, -0.2) is 43.8 Å². The van der Waals surface area contributed by atoms with Gasteiger partial charge in [-0.3, -0.25) is 4.90 Å². The van der Waals surface area contributed by atoms with Gasteiger partial charge in [0.25, 0.3) is 0 Å². The molecule has 0 bridgehead atoms. The quantitative estimate of drug-likeness (QED) is 0.685. The summed E-state index contributed by atoms with van der Waals surface area (Å²) in [6.45, 7) is 9.75. The van der Waals surface area contributed by atoms with Crippen LogP contribution in [0, 0.1) is 0 Å². The van der Waals surface area contributed by atoms with Gasteiger partial charge in [0, 0.05) is 32.7 Å². The molecule has 0 unspecified atom stereocenters. The lowest BCUT2D eigenvalue weighted by Gasteiger charge is -2.34. The van der Waals surface area contributed by atoms with Crippen molar-refractivity contribution in [2.24, 2.45) is 0 Å². The molecule has 0 spiro atoms. The van der Waals surface area contributed by atoms with E-state index in [0.29, 0.717) is 31.2 Å². The lowest BCUT2D eigenvalue weighted by Crippen LogP contribution is -2.48. The number of piperazine rings is 1. The van der Waals surface area contributed by atoms with Gasteiger partial charge < -0.3 is 0 Å². The summed E-state index contributed by atoms with van der Waals surface area (Å²) < 4.78 is 27.2. The Kier molecular flexibility index (Phi) is 6.42. The highest BCUT2D eigenvalue weighted by Crippen LogP contribution is 2.27. The summed E-state index contributed by atoms with van der Waals surface area (Å²) in [4.78, 5) is 2.47. The van der Waals surface area contributed by atoms with E-state index in [1.807, 2.05) is 0 Å². The summed E-state index contributed by atoms with van der Waals surface area (Å²) in [7, 11) is -3.56. The third kappa shape index (κ3) is 4.89. The molecule has 2 aromatic rings. The lowest BCUT2D eigenvalue weighted by atomic mass is 9.87. The summed E-state index contributed by atoms with van der Waals surface area (Å²) >= 11 is 11.9. The third-order valence-corrected chi connectivity index (χ3v) is 7.72. The second-order valence-electron chi connectivity index (χ2n) is 8.20. The Bertz CT molecular complexity index is 930. The Hall–Kier alpha value is -1.11. The van der Waals surface area contributed by atoms with E-state index in [1.54, 1.807) is 0 Å². The summed E-state index contributed by atoms with van der Waals surface area (Å²) in [6, 6.07) is 13.1. The number of nitrogens with zero attached hydrogens (tertiary/aromatic N) is 2. The van der Waals surface area contributed by atoms with E-state index in [0.717, 1.165) is 6.54 Å². The summed E-state index contributed by atoms with van der Waals surface area (Å²) in [5.74, 6) is 0. The Labute approximate surface area is 178 Å². The maximum absolute atomic E-state index is 12.9. The first kappa shape index (κ1) is 21.6. The average Bonchev–Trinajstić information content (AvgIpc) is 2.64. The maximum atomic E-state index is 12.9. The van der Waals surface area contributed by atoms with Crippen molar-refractivity contribution in [3.05, 3.63) is 63.6 Å². The fraction of sp³-hybridized carbons (Fsp3) is 0.429. The van der Waals surface area contributed by atoms with Gasteiger partial charge in [-0.05, 0) is 34.7 Å². The molecule has 0 aliphatic carbocycles. The van der Waals surface area contributed by atoms with Crippen LogP contribution < -0.4 is 0 Å². The second-order valence-corrected chi connectivity index (χ2v) is 11.0. The van der Waals surface area contributed by atoms with Crippen LogP contribution in [0.2, 0.25) is 10.0 Å². The number of hydrogen-bond acceptors (Lipinski definition) is 3. The monoisotopic (exact) mass is 440 g/mol. The molecular weight excluding hydrogens is 415 g/mol. The Morgan fingerprint density at radius 3 is 2.04 bits per heavy atom. The van der Waals surface area contributed by atoms with E-state index in [4.69, 9.17) is 23.2 Å². The fourth-order valence-corrected chi connectivity index (χ4v) is 5.09. The number of benzene rings is 2. The molecule has 0 radical (unpaired) electrons. The third-order valence-electron chi connectivity index (χ3n) is 5.09. The van der Waals surface area contributed by atoms with E-state index >= 15 is 0 Å².